The number of hydrogen-bond acceptors (Lipinski definition) is 7. The molecule has 7 heteroatoms. The van der Waals surface area contributed by atoms with Crippen LogP contribution in [-0.4, -0.2) is 27.5 Å². The number of aryl methyl sites for hydroxylation is 1. The number of aromatic nitrogens is 3. The number of thiazole rings is 1. The lowest BCUT2D eigenvalue weighted by molar-refractivity contribution is 0.0526. The normalized spacial score (nSPS) is 10.5. The molecule has 0 aliphatic rings. The van der Waals surface area contributed by atoms with Crippen LogP contribution in [0.3, 0.4) is 0 Å². The van der Waals surface area contributed by atoms with Crippen molar-refractivity contribution in [2.24, 2.45) is 0 Å². The van der Waals surface area contributed by atoms with E-state index >= 15 is 0 Å². The summed E-state index contributed by atoms with van der Waals surface area (Å²) in [7, 11) is 0. The fraction of sp³-hybridized carbons (Fsp3) is 0.222. The number of carbonyl (C=O) groups is 1. The predicted molar refractivity (Wildman–Crippen MR) is 97.6 cm³/mol. The maximum atomic E-state index is 12.2. The van der Waals surface area contributed by atoms with Gasteiger partial charge in [-0.25, -0.2) is 19.7 Å². The van der Waals surface area contributed by atoms with Crippen LogP contribution in [0.25, 0.3) is 11.4 Å². The Morgan fingerprint density at radius 3 is 2.72 bits per heavy atom. The number of anilines is 1. The van der Waals surface area contributed by atoms with E-state index in [0.29, 0.717) is 30.4 Å². The monoisotopic (exact) mass is 354 g/mol. The van der Waals surface area contributed by atoms with Gasteiger partial charge in [-0.1, -0.05) is 30.3 Å². The molecule has 1 N–H and O–H groups in total. The first-order valence-electron chi connectivity index (χ1n) is 7.92. The van der Waals surface area contributed by atoms with Crippen LogP contribution >= 0.6 is 11.3 Å². The Bertz CT molecular complexity index is 865. The third kappa shape index (κ3) is 4.19. The van der Waals surface area contributed by atoms with Gasteiger partial charge < -0.3 is 10.1 Å². The zero-order valence-electron chi connectivity index (χ0n) is 14.0. The number of carbonyl (C=O) groups excluding carboxylic acids is 1. The summed E-state index contributed by atoms with van der Waals surface area (Å²) in [5.74, 6) is 0.544. The summed E-state index contributed by atoms with van der Waals surface area (Å²) >= 11 is 1.58. The van der Waals surface area contributed by atoms with E-state index in [1.54, 1.807) is 18.3 Å². The maximum absolute atomic E-state index is 12.2. The third-order valence-corrected chi connectivity index (χ3v) is 4.24. The summed E-state index contributed by atoms with van der Waals surface area (Å²) in [5.41, 5.74) is 2.09. The summed E-state index contributed by atoms with van der Waals surface area (Å²) in [4.78, 5) is 25.4. The average Bonchev–Trinajstić information content (AvgIpc) is 3.06. The van der Waals surface area contributed by atoms with E-state index in [9.17, 15) is 4.79 Å². The topological polar surface area (TPSA) is 77.0 Å². The van der Waals surface area contributed by atoms with Crippen molar-refractivity contribution in [1.29, 1.82) is 0 Å². The molecule has 128 valence electrons. The highest BCUT2D eigenvalue weighted by atomic mass is 32.1. The minimum atomic E-state index is -0.445. The molecule has 0 fully saturated rings. The van der Waals surface area contributed by atoms with E-state index in [0.717, 1.165) is 16.3 Å². The van der Waals surface area contributed by atoms with Crippen molar-refractivity contribution in [1.82, 2.24) is 15.0 Å². The minimum Gasteiger partial charge on any atom is -0.462 e. The van der Waals surface area contributed by atoms with Gasteiger partial charge in [0.25, 0.3) is 0 Å². The van der Waals surface area contributed by atoms with Crippen LogP contribution in [-0.2, 0) is 11.3 Å². The molecule has 0 saturated carbocycles. The van der Waals surface area contributed by atoms with E-state index in [2.05, 4.69) is 20.3 Å². The van der Waals surface area contributed by atoms with Crippen LogP contribution in [0.5, 0.6) is 0 Å². The standard InChI is InChI=1S/C18H18N4O2S/c1-3-24-18(23)15-10-20-16(13-7-5-4-6-8-13)22-17(15)19-9-14-11-25-12(2)21-14/h4-8,10-11H,3,9H2,1-2H3,(H,19,20,22). The van der Waals surface area contributed by atoms with Gasteiger partial charge in [0.2, 0.25) is 0 Å². The van der Waals surface area contributed by atoms with Gasteiger partial charge >= 0.3 is 5.97 Å². The molecule has 0 atom stereocenters. The fourth-order valence-electron chi connectivity index (χ4n) is 2.26. The van der Waals surface area contributed by atoms with E-state index < -0.39 is 5.97 Å². The van der Waals surface area contributed by atoms with Crippen LogP contribution in [0.15, 0.2) is 41.9 Å². The van der Waals surface area contributed by atoms with Crippen molar-refractivity contribution in [2.45, 2.75) is 20.4 Å². The van der Waals surface area contributed by atoms with Gasteiger partial charge in [0, 0.05) is 17.1 Å². The smallest absolute Gasteiger partial charge is 0.343 e. The molecule has 2 aromatic heterocycles. The first-order chi connectivity index (χ1) is 12.2. The molecule has 0 radical (unpaired) electrons. The predicted octanol–water partition coefficient (Wildman–Crippen LogP) is 3.70. The number of rotatable bonds is 6. The number of benzene rings is 1. The average molecular weight is 354 g/mol. The number of hydrogen-bond donors (Lipinski definition) is 1. The molecular weight excluding hydrogens is 336 g/mol. The van der Waals surface area contributed by atoms with Crippen LogP contribution in [0.2, 0.25) is 0 Å². The van der Waals surface area contributed by atoms with Crippen LogP contribution in [0.1, 0.15) is 28.0 Å². The highest BCUT2D eigenvalue weighted by Gasteiger charge is 2.16. The molecule has 0 aliphatic carbocycles. The lowest BCUT2D eigenvalue weighted by Gasteiger charge is -2.11. The largest absolute Gasteiger partial charge is 0.462 e. The molecule has 0 bridgehead atoms. The van der Waals surface area contributed by atoms with E-state index in [4.69, 9.17) is 4.74 Å². The first-order valence-corrected chi connectivity index (χ1v) is 8.79. The van der Waals surface area contributed by atoms with Gasteiger partial charge in [-0.15, -0.1) is 11.3 Å². The van der Waals surface area contributed by atoms with Gasteiger partial charge in [-0.3, -0.25) is 0 Å². The Balaban J connectivity index is 1.91. The molecule has 0 saturated heterocycles. The molecule has 1 aromatic carbocycles. The van der Waals surface area contributed by atoms with Crippen molar-refractivity contribution >= 4 is 23.1 Å². The van der Waals surface area contributed by atoms with Gasteiger partial charge in [0.05, 0.1) is 23.9 Å². The Morgan fingerprint density at radius 2 is 2.04 bits per heavy atom. The summed E-state index contributed by atoms with van der Waals surface area (Å²) in [6, 6.07) is 9.62. The highest BCUT2D eigenvalue weighted by Crippen LogP contribution is 2.21. The van der Waals surface area contributed by atoms with Gasteiger partial charge in [-0.2, -0.15) is 0 Å². The fourth-order valence-corrected chi connectivity index (χ4v) is 2.88. The molecule has 2 heterocycles. The summed E-state index contributed by atoms with van der Waals surface area (Å²) in [5, 5.41) is 6.16. The Kier molecular flexibility index (Phi) is 5.35. The van der Waals surface area contributed by atoms with Crippen molar-refractivity contribution in [3.8, 4) is 11.4 Å². The molecule has 3 rings (SSSR count). The van der Waals surface area contributed by atoms with Gasteiger partial charge in [0.15, 0.2) is 5.82 Å². The van der Waals surface area contributed by atoms with Gasteiger partial charge in [-0.05, 0) is 13.8 Å². The second-order valence-corrected chi connectivity index (χ2v) is 6.32. The first kappa shape index (κ1) is 17.0. The van der Waals surface area contributed by atoms with Crippen molar-refractivity contribution < 1.29 is 9.53 Å². The number of nitrogens with zero attached hydrogens (tertiary/aromatic N) is 3. The molecule has 6 nitrogen and oxygen atoms in total. The lowest BCUT2D eigenvalue weighted by Crippen LogP contribution is -2.13. The summed E-state index contributed by atoms with van der Waals surface area (Å²) in [6.45, 7) is 4.49. The molecule has 0 amide bonds. The van der Waals surface area contributed by atoms with Crippen LogP contribution in [0, 0.1) is 6.92 Å². The van der Waals surface area contributed by atoms with Crippen molar-refractivity contribution in [3.05, 3.63) is 58.2 Å². The van der Waals surface area contributed by atoms with Gasteiger partial charge in [0.1, 0.15) is 11.4 Å². The summed E-state index contributed by atoms with van der Waals surface area (Å²) < 4.78 is 5.10. The molecule has 0 aliphatic heterocycles. The van der Waals surface area contributed by atoms with E-state index in [1.165, 1.54) is 6.20 Å². The Morgan fingerprint density at radius 1 is 1.24 bits per heavy atom. The van der Waals surface area contributed by atoms with E-state index in [-0.39, 0.29) is 0 Å². The lowest BCUT2D eigenvalue weighted by atomic mass is 10.2. The van der Waals surface area contributed by atoms with Crippen LogP contribution < -0.4 is 5.32 Å². The van der Waals surface area contributed by atoms with E-state index in [1.807, 2.05) is 42.6 Å². The Hall–Kier alpha value is -2.80. The Labute approximate surface area is 149 Å². The molecule has 0 spiro atoms. The van der Waals surface area contributed by atoms with Crippen molar-refractivity contribution in [2.75, 3.05) is 11.9 Å². The highest BCUT2D eigenvalue weighted by molar-refractivity contribution is 7.09. The number of ether oxygens (including phenoxy) is 1. The molecule has 0 unspecified atom stereocenters. The molecule has 25 heavy (non-hydrogen) atoms. The minimum absolute atomic E-state index is 0.296. The SMILES string of the molecule is CCOC(=O)c1cnc(-c2ccccc2)nc1NCc1csc(C)n1. The second-order valence-electron chi connectivity index (χ2n) is 5.25. The van der Waals surface area contributed by atoms with Crippen LogP contribution in [0.4, 0.5) is 5.82 Å². The quantitative estimate of drug-likeness (QED) is 0.680. The maximum Gasteiger partial charge on any atom is 0.343 e. The summed E-state index contributed by atoms with van der Waals surface area (Å²) in [6.07, 6.45) is 1.50. The molecular formula is C18H18N4O2S. The third-order valence-electron chi connectivity index (χ3n) is 3.42. The zero-order chi connectivity index (χ0) is 17.6. The molecule has 3 aromatic rings. The second kappa shape index (κ2) is 7.85. The number of nitrogens with one attached hydrogen (secondary N) is 1. The zero-order valence-corrected chi connectivity index (χ0v) is 14.8. The van der Waals surface area contributed by atoms with Crippen molar-refractivity contribution in [3.63, 3.8) is 0 Å². The number of esters is 1.